The van der Waals surface area contributed by atoms with Gasteiger partial charge < -0.3 is 14.8 Å². The van der Waals surface area contributed by atoms with Crippen LogP contribution in [0, 0.1) is 13.8 Å². The van der Waals surface area contributed by atoms with Crippen molar-refractivity contribution < 1.29 is 9.84 Å². The van der Waals surface area contributed by atoms with E-state index in [9.17, 15) is 9.90 Å². The zero-order valence-electron chi connectivity index (χ0n) is 21.7. The fraction of sp³-hybridized carbons (Fsp3) is 0.571. The molecule has 190 valence electrons. The number of aryl methyl sites for hydroxylation is 2. The van der Waals surface area contributed by atoms with E-state index in [1.54, 1.807) is 0 Å². The van der Waals surface area contributed by atoms with Crippen molar-refractivity contribution in [1.82, 2.24) is 14.9 Å². The first kappa shape index (κ1) is 26.0. The molecule has 3 aromatic rings. The summed E-state index contributed by atoms with van der Waals surface area (Å²) in [6.45, 7) is 11.5. The lowest BCUT2D eigenvalue weighted by Crippen LogP contribution is -2.43. The van der Waals surface area contributed by atoms with E-state index in [1.807, 2.05) is 26.2 Å². The third-order valence-electron chi connectivity index (χ3n) is 6.91. The summed E-state index contributed by atoms with van der Waals surface area (Å²) in [4.78, 5) is 24.2. The van der Waals surface area contributed by atoms with Gasteiger partial charge >= 0.3 is 0 Å². The fourth-order valence-electron chi connectivity index (χ4n) is 4.84. The molecule has 2 N–H and O–H groups in total. The number of ether oxygens (including phenoxy) is 1. The Morgan fingerprint density at radius 3 is 2.63 bits per heavy atom. The lowest BCUT2D eigenvalue weighted by molar-refractivity contribution is -0.0610. The molecule has 0 aliphatic heterocycles. The summed E-state index contributed by atoms with van der Waals surface area (Å²) < 4.78 is 5.82. The smallest absolute Gasteiger partial charge is 0.260 e. The van der Waals surface area contributed by atoms with Crippen LogP contribution in [0.5, 0.6) is 0 Å². The molecule has 7 heteroatoms. The number of nitrogens with one attached hydrogen (secondary N) is 1. The van der Waals surface area contributed by atoms with Gasteiger partial charge in [0.1, 0.15) is 10.7 Å². The Kier molecular flexibility index (Phi) is 8.11. The van der Waals surface area contributed by atoms with Crippen LogP contribution in [0.1, 0.15) is 69.8 Å². The maximum absolute atomic E-state index is 13.2. The number of aromatic nitrogens is 2. The third-order valence-corrected chi connectivity index (χ3v) is 7.78. The molecule has 0 bridgehead atoms. The van der Waals surface area contributed by atoms with Gasteiger partial charge in [-0.05, 0) is 64.2 Å². The molecule has 1 aliphatic rings. The van der Waals surface area contributed by atoms with Crippen LogP contribution in [0.4, 0.5) is 0 Å². The van der Waals surface area contributed by atoms with E-state index >= 15 is 0 Å². The number of benzene rings is 1. The Balaban J connectivity index is 1.58. The van der Waals surface area contributed by atoms with Crippen LogP contribution >= 0.6 is 11.3 Å². The molecular weight excluding hydrogens is 458 g/mol. The maximum Gasteiger partial charge on any atom is 0.260 e. The highest BCUT2D eigenvalue weighted by molar-refractivity contribution is 7.17. The van der Waals surface area contributed by atoms with Crippen molar-refractivity contribution in [3.05, 3.63) is 50.9 Å². The van der Waals surface area contributed by atoms with Crippen molar-refractivity contribution in [3.63, 3.8) is 0 Å². The van der Waals surface area contributed by atoms with Gasteiger partial charge in [0.05, 0.1) is 30.2 Å². The van der Waals surface area contributed by atoms with Crippen LogP contribution in [0.2, 0.25) is 0 Å². The van der Waals surface area contributed by atoms with Crippen molar-refractivity contribution in [2.24, 2.45) is 0 Å². The van der Waals surface area contributed by atoms with Gasteiger partial charge in [0.15, 0.2) is 0 Å². The predicted octanol–water partition coefficient (Wildman–Crippen LogP) is 5.58. The number of nitrogens with zero attached hydrogens (tertiary/aromatic N) is 2. The predicted molar refractivity (Wildman–Crippen MR) is 144 cm³/mol. The molecule has 2 heterocycles. The number of hydrogen-bond donors (Lipinski definition) is 2. The van der Waals surface area contributed by atoms with Crippen molar-refractivity contribution in [3.8, 4) is 11.1 Å². The Bertz CT molecular complexity index is 1200. The second-order valence-corrected chi connectivity index (χ2v) is 11.8. The van der Waals surface area contributed by atoms with E-state index in [0.29, 0.717) is 36.9 Å². The first-order chi connectivity index (χ1) is 16.6. The zero-order valence-corrected chi connectivity index (χ0v) is 22.5. The van der Waals surface area contributed by atoms with Crippen molar-refractivity contribution in [2.45, 2.75) is 91.0 Å². The maximum atomic E-state index is 13.2. The van der Waals surface area contributed by atoms with Crippen molar-refractivity contribution in [2.75, 3.05) is 13.2 Å². The summed E-state index contributed by atoms with van der Waals surface area (Å²) in [7, 11) is 0. The summed E-state index contributed by atoms with van der Waals surface area (Å²) in [5.41, 5.74) is 4.04. The van der Waals surface area contributed by atoms with Gasteiger partial charge in [-0.3, -0.25) is 9.69 Å². The Labute approximate surface area is 212 Å². The van der Waals surface area contributed by atoms with E-state index in [-0.39, 0.29) is 11.2 Å². The number of aliphatic hydroxyl groups excluding tert-OH is 1. The van der Waals surface area contributed by atoms with E-state index in [2.05, 4.69) is 41.9 Å². The third kappa shape index (κ3) is 6.58. The average Bonchev–Trinajstić information content (AvgIpc) is 3.24. The second-order valence-electron chi connectivity index (χ2n) is 10.9. The summed E-state index contributed by atoms with van der Waals surface area (Å²) in [5, 5.41) is 13.4. The molecule has 0 unspecified atom stereocenters. The quantitative estimate of drug-likeness (QED) is 0.425. The molecule has 2 aromatic heterocycles. The number of aliphatic hydroxyl groups is 1. The monoisotopic (exact) mass is 497 g/mol. The Hall–Kier alpha value is -2.06. The molecule has 1 aliphatic carbocycles. The molecule has 0 amide bonds. The van der Waals surface area contributed by atoms with Crippen LogP contribution < -0.4 is 5.56 Å². The van der Waals surface area contributed by atoms with E-state index in [1.165, 1.54) is 41.7 Å². The van der Waals surface area contributed by atoms with Gasteiger partial charge in [0, 0.05) is 23.5 Å². The van der Waals surface area contributed by atoms with E-state index in [4.69, 9.17) is 9.72 Å². The highest BCUT2D eigenvalue weighted by atomic mass is 32.1. The molecule has 1 fully saturated rings. The number of fused-ring (bicyclic) bond motifs is 1. The molecule has 4 rings (SSSR count). The fourth-order valence-corrected chi connectivity index (χ4v) is 5.81. The number of thiophene rings is 1. The van der Waals surface area contributed by atoms with Gasteiger partial charge in [0.2, 0.25) is 0 Å². The number of H-pyrrole nitrogens is 1. The number of hydrogen-bond acceptors (Lipinski definition) is 6. The van der Waals surface area contributed by atoms with Gasteiger partial charge in [-0.1, -0.05) is 37.5 Å². The molecule has 0 radical (unpaired) electrons. The Morgan fingerprint density at radius 1 is 1.20 bits per heavy atom. The highest BCUT2D eigenvalue weighted by Gasteiger charge is 2.25. The largest absolute Gasteiger partial charge is 0.389 e. The van der Waals surface area contributed by atoms with Crippen LogP contribution in [-0.2, 0) is 11.3 Å². The topological polar surface area (TPSA) is 78.5 Å². The number of rotatable bonds is 8. The van der Waals surface area contributed by atoms with Gasteiger partial charge in [-0.15, -0.1) is 11.3 Å². The normalized spacial score (nSPS) is 16.3. The Morgan fingerprint density at radius 2 is 1.94 bits per heavy atom. The van der Waals surface area contributed by atoms with Crippen LogP contribution in [-0.4, -0.2) is 50.9 Å². The minimum absolute atomic E-state index is 0.0975. The molecular formula is C28H39N3O3S. The standard InChI is InChI=1S/C28H39N3O3S/c1-18-11-12-20(13-19(18)2)23-17-35-27-25(23)26(33)29-24(30-27)15-31(21-9-7-6-8-10-21)14-22(32)16-34-28(3,4)5/h11-13,17,21-22,32H,6-10,14-16H2,1-5H3,(H,29,30,33)/t22-/m0/s1. The summed E-state index contributed by atoms with van der Waals surface area (Å²) >= 11 is 1.52. The lowest BCUT2D eigenvalue weighted by atomic mass is 9.94. The first-order valence-corrected chi connectivity index (χ1v) is 13.6. The number of aromatic amines is 1. The second kappa shape index (κ2) is 10.9. The van der Waals surface area contributed by atoms with E-state index in [0.717, 1.165) is 28.8 Å². The molecule has 1 atom stereocenters. The summed E-state index contributed by atoms with van der Waals surface area (Å²) in [5.74, 6) is 0.658. The summed E-state index contributed by atoms with van der Waals surface area (Å²) in [6.07, 6.45) is 5.28. The van der Waals surface area contributed by atoms with E-state index < -0.39 is 6.10 Å². The van der Waals surface area contributed by atoms with Crippen LogP contribution in [0.15, 0.2) is 28.4 Å². The lowest BCUT2D eigenvalue weighted by Gasteiger charge is -2.35. The summed E-state index contributed by atoms with van der Waals surface area (Å²) in [6, 6.07) is 6.68. The van der Waals surface area contributed by atoms with Crippen LogP contribution in [0.25, 0.3) is 21.3 Å². The first-order valence-electron chi connectivity index (χ1n) is 12.7. The van der Waals surface area contributed by atoms with Crippen molar-refractivity contribution >= 4 is 21.6 Å². The minimum Gasteiger partial charge on any atom is -0.389 e. The van der Waals surface area contributed by atoms with Crippen LogP contribution in [0.3, 0.4) is 0 Å². The molecule has 1 saturated carbocycles. The van der Waals surface area contributed by atoms with Gasteiger partial charge in [0.25, 0.3) is 5.56 Å². The highest BCUT2D eigenvalue weighted by Crippen LogP contribution is 2.32. The average molecular weight is 498 g/mol. The zero-order chi connectivity index (χ0) is 25.2. The molecule has 35 heavy (non-hydrogen) atoms. The molecule has 0 spiro atoms. The molecule has 1 aromatic carbocycles. The van der Waals surface area contributed by atoms with Gasteiger partial charge in [-0.2, -0.15) is 0 Å². The van der Waals surface area contributed by atoms with Crippen molar-refractivity contribution in [1.29, 1.82) is 0 Å². The SMILES string of the molecule is Cc1ccc(-c2csc3nc(CN(C[C@H](O)COC(C)(C)C)C4CCCCC4)[nH]c(=O)c23)cc1C. The molecule has 6 nitrogen and oxygen atoms in total. The minimum atomic E-state index is -0.593. The molecule has 0 saturated heterocycles. The van der Waals surface area contributed by atoms with Gasteiger partial charge in [-0.25, -0.2) is 4.98 Å².